The van der Waals surface area contributed by atoms with Crippen molar-refractivity contribution in [1.82, 2.24) is 4.90 Å². The minimum absolute atomic E-state index is 0.143. The summed E-state index contributed by atoms with van der Waals surface area (Å²) in [5.74, 6) is 0.0653. The van der Waals surface area contributed by atoms with E-state index in [1.807, 2.05) is 20.8 Å². The lowest BCUT2D eigenvalue weighted by atomic mass is 9.89. The second-order valence-electron chi connectivity index (χ2n) is 7.57. The van der Waals surface area contributed by atoms with Gasteiger partial charge in [-0.05, 0) is 45.2 Å². The summed E-state index contributed by atoms with van der Waals surface area (Å²) in [6.07, 6.45) is 0.107. The van der Waals surface area contributed by atoms with Gasteiger partial charge in [-0.3, -0.25) is 4.90 Å². The Morgan fingerprint density at radius 3 is 2.71 bits per heavy atom. The molecule has 1 aromatic carbocycles. The minimum Gasteiger partial charge on any atom is -0.494 e. The van der Waals surface area contributed by atoms with Gasteiger partial charge in [-0.25, -0.2) is 4.79 Å². The van der Waals surface area contributed by atoms with Gasteiger partial charge in [0, 0.05) is 12.1 Å². The van der Waals surface area contributed by atoms with Crippen LogP contribution in [0.25, 0.3) is 0 Å². The predicted octanol–water partition coefficient (Wildman–Crippen LogP) is 3.91. The van der Waals surface area contributed by atoms with Gasteiger partial charge in [-0.1, -0.05) is 6.92 Å². The van der Waals surface area contributed by atoms with Crippen molar-refractivity contribution in [2.24, 2.45) is 5.92 Å². The largest absolute Gasteiger partial charge is 0.494 e. The van der Waals surface area contributed by atoms with Gasteiger partial charge in [0.1, 0.15) is 17.7 Å². The van der Waals surface area contributed by atoms with Crippen molar-refractivity contribution in [1.29, 1.82) is 0 Å². The van der Waals surface area contributed by atoms with Crippen LogP contribution in [0.3, 0.4) is 0 Å². The molecule has 0 aliphatic carbocycles. The molecule has 1 saturated heterocycles. The number of benzene rings is 1. The number of likely N-dealkylation sites (tertiary alicyclic amines) is 1. The number of hydrogen-bond donors (Lipinski definition) is 0. The van der Waals surface area contributed by atoms with Gasteiger partial charge in [0.05, 0.1) is 7.11 Å². The molecule has 0 radical (unpaired) electrons. The summed E-state index contributed by atoms with van der Waals surface area (Å²) >= 11 is 0. The molecule has 1 fully saturated rings. The van der Waals surface area contributed by atoms with Crippen molar-refractivity contribution in [2.75, 3.05) is 13.7 Å². The molecule has 0 spiro atoms. The van der Waals surface area contributed by atoms with Crippen LogP contribution in [0, 0.1) is 11.7 Å². The molecule has 0 aromatic heterocycles. The molecule has 0 saturated carbocycles. The van der Waals surface area contributed by atoms with E-state index in [-0.39, 0.29) is 29.6 Å². The number of nitrogens with zero attached hydrogens (tertiary/aromatic N) is 1. The highest BCUT2D eigenvalue weighted by Crippen LogP contribution is 2.48. The molecule has 132 valence electrons. The maximum absolute atomic E-state index is 14.5. The van der Waals surface area contributed by atoms with Gasteiger partial charge in [0.25, 0.3) is 0 Å². The van der Waals surface area contributed by atoms with Crippen LogP contribution in [-0.2, 0) is 4.74 Å². The number of ether oxygens (including phenoxy) is 3. The lowest BCUT2D eigenvalue weighted by Gasteiger charge is -2.40. The molecule has 0 bridgehead atoms. The third kappa shape index (κ3) is 2.89. The van der Waals surface area contributed by atoms with Gasteiger partial charge in [-0.15, -0.1) is 0 Å². The van der Waals surface area contributed by atoms with Gasteiger partial charge in [0.2, 0.25) is 5.82 Å². The molecule has 2 aliphatic rings. The highest BCUT2D eigenvalue weighted by Gasteiger charge is 2.47. The minimum atomic E-state index is -0.583. The first-order valence-electron chi connectivity index (χ1n) is 8.24. The molecule has 0 unspecified atom stereocenters. The Labute approximate surface area is 141 Å². The summed E-state index contributed by atoms with van der Waals surface area (Å²) in [6.45, 7) is 8.11. The lowest BCUT2D eigenvalue weighted by Crippen LogP contribution is -2.49. The lowest BCUT2D eigenvalue weighted by molar-refractivity contribution is -0.0179. The fraction of sp³-hybridized carbons (Fsp3) is 0.611. The van der Waals surface area contributed by atoms with Crippen LogP contribution in [0.5, 0.6) is 11.5 Å². The van der Waals surface area contributed by atoms with E-state index >= 15 is 0 Å². The normalized spacial score (nSPS) is 25.6. The van der Waals surface area contributed by atoms with Crippen molar-refractivity contribution in [3.63, 3.8) is 0 Å². The second-order valence-corrected chi connectivity index (χ2v) is 7.57. The van der Waals surface area contributed by atoms with Crippen LogP contribution >= 0.6 is 0 Å². The van der Waals surface area contributed by atoms with E-state index in [1.165, 1.54) is 7.11 Å². The van der Waals surface area contributed by atoms with Gasteiger partial charge < -0.3 is 14.2 Å². The highest BCUT2D eigenvalue weighted by molar-refractivity contribution is 5.70. The number of piperidine rings is 1. The number of rotatable bonds is 1. The number of carbonyl (C=O) groups is 1. The van der Waals surface area contributed by atoms with Crippen LogP contribution in [-0.4, -0.2) is 36.4 Å². The van der Waals surface area contributed by atoms with Crippen LogP contribution in [0.2, 0.25) is 0 Å². The van der Waals surface area contributed by atoms with E-state index in [1.54, 1.807) is 17.0 Å². The van der Waals surface area contributed by atoms with E-state index in [2.05, 4.69) is 6.92 Å². The molecular weight excluding hydrogens is 313 g/mol. The van der Waals surface area contributed by atoms with Crippen LogP contribution in [0.4, 0.5) is 9.18 Å². The monoisotopic (exact) mass is 337 g/mol. The van der Waals surface area contributed by atoms with Crippen LogP contribution < -0.4 is 9.47 Å². The molecule has 2 aliphatic heterocycles. The molecular formula is C18H24FNO4. The summed E-state index contributed by atoms with van der Waals surface area (Å²) in [4.78, 5) is 14.3. The Kier molecular flexibility index (Phi) is 4.10. The fourth-order valence-electron chi connectivity index (χ4n) is 3.45. The first kappa shape index (κ1) is 16.9. The zero-order valence-corrected chi connectivity index (χ0v) is 14.8. The number of hydrogen-bond acceptors (Lipinski definition) is 4. The summed E-state index contributed by atoms with van der Waals surface area (Å²) in [7, 11) is 1.42. The van der Waals surface area contributed by atoms with E-state index in [0.29, 0.717) is 12.1 Å². The molecule has 5 nitrogen and oxygen atoms in total. The number of fused-ring (bicyclic) bond motifs is 3. The fourth-order valence-corrected chi connectivity index (χ4v) is 3.45. The first-order valence-corrected chi connectivity index (χ1v) is 8.24. The summed E-state index contributed by atoms with van der Waals surface area (Å²) in [5.41, 5.74) is 0.0943. The quantitative estimate of drug-likeness (QED) is 0.779. The standard InChI is InChI=1S/C18H24FNO4/c1-10-8-13-15(20(9-10)17(21)24-18(2,3)4)11-6-7-12(22-5)14(19)16(11)23-13/h6-7,10,13,15H,8-9H2,1-5H3/t10-,13+,15+/m1/s1. The van der Waals surface area contributed by atoms with E-state index in [9.17, 15) is 9.18 Å². The van der Waals surface area contributed by atoms with E-state index < -0.39 is 17.5 Å². The van der Waals surface area contributed by atoms with Crippen molar-refractivity contribution >= 4 is 6.09 Å². The molecule has 3 rings (SSSR count). The Balaban J connectivity index is 1.97. The zero-order chi connectivity index (χ0) is 17.6. The molecule has 0 N–H and O–H groups in total. The predicted molar refractivity (Wildman–Crippen MR) is 86.8 cm³/mol. The number of halogens is 1. The Bertz CT molecular complexity index is 655. The molecule has 24 heavy (non-hydrogen) atoms. The molecule has 6 heteroatoms. The molecule has 1 aromatic rings. The zero-order valence-electron chi connectivity index (χ0n) is 14.8. The van der Waals surface area contributed by atoms with Gasteiger partial charge in [-0.2, -0.15) is 4.39 Å². The van der Waals surface area contributed by atoms with Crippen molar-refractivity contribution in [3.05, 3.63) is 23.5 Å². The second kappa shape index (κ2) is 5.83. The Morgan fingerprint density at radius 2 is 2.08 bits per heavy atom. The van der Waals surface area contributed by atoms with Crippen molar-refractivity contribution in [2.45, 2.75) is 51.9 Å². The van der Waals surface area contributed by atoms with E-state index in [4.69, 9.17) is 14.2 Å². The first-order chi connectivity index (χ1) is 11.2. The number of methoxy groups -OCH3 is 1. The highest BCUT2D eigenvalue weighted by atomic mass is 19.1. The van der Waals surface area contributed by atoms with Crippen molar-refractivity contribution in [3.8, 4) is 11.5 Å². The van der Waals surface area contributed by atoms with E-state index in [0.717, 1.165) is 6.42 Å². The molecule has 1 amide bonds. The third-order valence-electron chi connectivity index (χ3n) is 4.36. The van der Waals surface area contributed by atoms with Crippen LogP contribution in [0.1, 0.15) is 45.7 Å². The Morgan fingerprint density at radius 1 is 1.38 bits per heavy atom. The topological polar surface area (TPSA) is 48.0 Å². The maximum atomic E-state index is 14.5. The van der Waals surface area contributed by atoms with Gasteiger partial charge >= 0.3 is 6.09 Å². The van der Waals surface area contributed by atoms with Gasteiger partial charge in [0.15, 0.2) is 11.5 Å². The average molecular weight is 337 g/mol. The SMILES string of the molecule is COc1ccc2c(c1F)O[C@H]1C[C@@H](C)CN(C(=O)OC(C)(C)C)[C@@H]21. The average Bonchev–Trinajstić information content (AvgIpc) is 2.84. The maximum Gasteiger partial charge on any atom is 0.410 e. The summed E-state index contributed by atoms with van der Waals surface area (Å²) < 4.78 is 30.9. The summed E-state index contributed by atoms with van der Waals surface area (Å²) in [6, 6.07) is 3.02. The van der Waals surface area contributed by atoms with Crippen LogP contribution in [0.15, 0.2) is 12.1 Å². The molecule has 3 atom stereocenters. The number of carbonyl (C=O) groups excluding carboxylic acids is 1. The number of amides is 1. The Hall–Kier alpha value is -1.98. The van der Waals surface area contributed by atoms with Crippen molar-refractivity contribution < 1.29 is 23.4 Å². The summed E-state index contributed by atoms with van der Waals surface area (Å²) in [5, 5.41) is 0. The molecule has 2 heterocycles. The third-order valence-corrected chi connectivity index (χ3v) is 4.36. The smallest absolute Gasteiger partial charge is 0.410 e.